The standard InChI is InChI=1S/C49H52N2O24/c1-27(52)63-21-69-33-9-11-36-39(13-33)48(7,8)40-14-34(70-22-64-28(2)53)10-12-37(40)49(36)38-16-42(51(19-45(60)73-25-67-31(5)56)20-46(61)74-26-68-32(6)57)41(15-35(38)47(62)75-49)50(17-43(58)71-23-65-29(3)54)18-44(59)72-24-66-30(4)55/h9-16H,17-26H2,1-8H3. The van der Waals surface area contributed by atoms with E-state index in [1.807, 2.05) is 13.8 Å². The van der Waals surface area contributed by atoms with E-state index in [2.05, 4.69) is 0 Å². The number of fused-ring (bicyclic) bond motifs is 6. The molecule has 0 atom stereocenters. The molecule has 1 aliphatic heterocycles. The van der Waals surface area contributed by atoms with Crippen LogP contribution in [0.1, 0.15) is 93.6 Å². The molecule has 75 heavy (non-hydrogen) atoms. The lowest BCUT2D eigenvalue weighted by Crippen LogP contribution is -2.42. The first-order chi connectivity index (χ1) is 35.4. The van der Waals surface area contributed by atoms with E-state index in [9.17, 15) is 52.7 Å². The van der Waals surface area contributed by atoms with Crippen LogP contribution in [-0.2, 0) is 111 Å². The molecule has 3 aromatic carbocycles. The highest BCUT2D eigenvalue weighted by molar-refractivity contribution is 6.01. The molecule has 0 aromatic heterocycles. The van der Waals surface area contributed by atoms with E-state index < -0.39 is 144 Å². The minimum Gasteiger partial charge on any atom is -0.457 e. The van der Waals surface area contributed by atoms with Gasteiger partial charge < -0.3 is 71.4 Å². The SMILES string of the molecule is CC(=O)OCOC(=O)CN(CC(=O)OCOC(C)=O)c1cc2c(cc1N(CC(=O)OCOC(C)=O)CC(=O)OCOC(C)=O)C1(OC2=O)c2ccc(OCOC(C)=O)cc2C(C)(C)c2cc(OCOC(C)=O)ccc21. The van der Waals surface area contributed by atoms with Crippen molar-refractivity contribution in [2.24, 2.45) is 0 Å². The summed E-state index contributed by atoms with van der Waals surface area (Å²) in [7, 11) is 0. The summed E-state index contributed by atoms with van der Waals surface area (Å²) in [5.41, 5.74) is -2.04. The molecule has 2 aliphatic rings. The van der Waals surface area contributed by atoms with Gasteiger partial charge in [0, 0.05) is 63.6 Å². The summed E-state index contributed by atoms with van der Waals surface area (Å²) in [6, 6.07) is 12.0. The van der Waals surface area contributed by atoms with Gasteiger partial charge in [-0.15, -0.1) is 0 Å². The molecule has 0 saturated carbocycles. The van der Waals surface area contributed by atoms with E-state index in [4.69, 9.17) is 61.6 Å². The van der Waals surface area contributed by atoms with Gasteiger partial charge in [0.25, 0.3) is 0 Å². The van der Waals surface area contributed by atoms with Gasteiger partial charge in [-0.1, -0.05) is 26.0 Å². The molecule has 0 N–H and O–H groups in total. The third kappa shape index (κ3) is 14.8. The number of nitrogens with zero attached hydrogens (tertiary/aromatic N) is 2. The number of carbonyl (C=O) groups is 11. The number of benzene rings is 3. The Morgan fingerprint density at radius 3 is 1.07 bits per heavy atom. The first-order valence-corrected chi connectivity index (χ1v) is 22.3. The molecule has 3 aromatic rings. The Morgan fingerprint density at radius 2 is 0.733 bits per heavy atom. The fourth-order valence-electron chi connectivity index (χ4n) is 7.69. The van der Waals surface area contributed by atoms with Crippen LogP contribution < -0.4 is 19.3 Å². The normalized spacial score (nSPS) is 12.9. The van der Waals surface area contributed by atoms with E-state index in [0.717, 1.165) is 37.5 Å². The summed E-state index contributed by atoms with van der Waals surface area (Å²) in [5, 5.41) is 0. The van der Waals surface area contributed by atoms with Crippen molar-refractivity contribution in [1.82, 2.24) is 0 Å². The van der Waals surface area contributed by atoms with Crippen LogP contribution in [0.4, 0.5) is 11.4 Å². The average Bonchev–Trinajstić information content (AvgIpc) is 3.60. The van der Waals surface area contributed by atoms with Crippen LogP contribution in [0.5, 0.6) is 11.5 Å². The summed E-state index contributed by atoms with van der Waals surface area (Å²) in [5.74, 6) is -9.60. The first kappa shape index (κ1) is 56.9. The first-order valence-electron chi connectivity index (χ1n) is 22.3. The molecule has 26 heteroatoms. The predicted octanol–water partition coefficient (Wildman–Crippen LogP) is 2.46. The Morgan fingerprint density at radius 1 is 0.413 bits per heavy atom. The smallest absolute Gasteiger partial charge is 0.340 e. The molecule has 0 saturated heterocycles. The molecule has 0 radical (unpaired) electrons. The number of esters is 11. The molecule has 0 unspecified atom stereocenters. The van der Waals surface area contributed by atoms with Gasteiger partial charge in [-0.2, -0.15) is 0 Å². The minimum absolute atomic E-state index is 0.0350. The third-order valence-electron chi connectivity index (χ3n) is 10.9. The monoisotopic (exact) mass is 1050 g/mol. The Hall–Kier alpha value is -8.97. The highest BCUT2D eigenvalue weighted by Gasteiger charge is 2.56. The highest BCUT2D eigenvalue weighted by atomic mass is 16.7. The molecule has 0 fully saturated rings. The van der Waals surface area contributed by atoms with Crippen LogP contribution in [0, 0.1) is 0 Å². The quantitative estimate of drug-likeness (QED) is 0.0706. The molecule has 402 valence electrons. The zero-order chi connectivity index (χ0) is 55.2. The molecule has 5 rings (SSSR count). The second kappa shape index (κ2) is 25.1. The van der Waals surface area contributed by atoms with Crippen LogP contribution in [-0.4, -0.2) is 133 Å². The lowest BCUT2D eigenvalue weighted by Gasteiger charge is -2.45. The zero-order valence-electron chi connectivity index (χ0n) is 41.9. The van der Waals surface area contributed by atoms with E-state index in [1.165, 1.54) is 38.1 Å². The van der Waals surface area contributed by atoms with Crippen molar-refractivity contribution in [3.63, 3.8) is 0 Å². The fourth-order valence-corrected chi connectivity index (χ4v) is 7.69. The number of anilines is 2. The Kier molecular flexibility index (Phi) is 19.1. The van der Waals surface area contributed by atoms with Crippen molar-refractivity contribution in [2.45, 2.75) is 66.4 Å². The summed E-state index contributed by atoms with van der Waals surface area (Å²) < 4.78 is 67.7. The third-order valence-corrected chi connectivity index (χ3v) is 10.9. The second-order valence-corrected chi connectivity index (χ2v) is 16.6. The number of hydrogen-bond donors (Lipinski definition) is 0. The van der Waals surface area contributed by atoms with Crippen molar-refractivity contribution < 1.29 is 114 Å². The Labute approximate surface area is 427 Å². The van der Waals surface area contributed by atoms with Crippen molar-refractivity contribution in [1.29, 1.82) is 0 Å². The van der Waals surface area contributed by atoms with Crippen molar-refractivity contribution in [3.05, 3.63) is 81.9 Å². The lowest BCUT2D eigenvalue weighted by atomic mass is 9.61. The molecule has 1 heterocycles. The van der Waals surface area contributed by atoms with Crippen LogP contribution in [0.3, 0.4) is 0 Å². The van der Waals surface area contributed by atoms with Crippen molar-refractivity contribution in [3.8, 4) is 11.5 Å². The number of hydrogen-bond acceptors (Lipinski definition) is 26. The van der Waals surface area contributed by atoms with Gasteiger partial charge in [0.2, 0.25) is 40.8 Å². The minimum atomic E-state index is -1.96. The molecular weight excluding hydrogens is 1000 g/mol. The van der Waals surface area contributed by atoms with Gasteiger partial charge in [-0.05, 0) is 47.5 Å². The van der Waals surface area contributed by atoms with Crippen LogP contribution >= 0.6 is 0 Å². The number of ether oxygens (including phenoxy) is 13. The van der Waals surface area contributed by atoms with E-state index >= 15 is 0 Å². The van der Waals surface area contributed by atoms with Gasteiger partial charge in [0.15, 0.2) is 5.60 Å². The summed E-state index contributed by atoms with van der Waals surface area (Å²) in [6.45, 7) is 2.19. The van der Waals surface area contributed by atoms with Crippen LogP contribution in [0.25, 0.3) is 0 Å². The van der Waals surface area contributed by atoms with Crippen LogP contribution in [0.2, 0.25) is 0 Å². The number of carbonyl (C=O) groups excluding carboxylic acids is 11. The molecule has 0 bridgehead atoms. The molecule has 1 spiro atoms. The van der Waals surface area contributed by atoms with Gasteiger partial charge in [-0.3, -0.25) is 47.9 Å². The highest BCUT2D eigenvalue weighted by Crippen LogP contribution is 2.58. The van der Waals surface area contributed by atoms with Crippen LogP contribution in [0.15, 0.2) is 48.5 Å². The van der Waals surface area contributed by atoms with Crippen molar-refractivity contribution in [2.75, 3.05) is 76.7 Å². The topological polar surface area (TPSA) is 314 Å². The fraction of sp³-hybridized carbons (Fsp3) is 0.408. The molecular formula is C49H52N2O24. The maximum Gasteiger partial charge on any atom is 0.340 e. The molecule has 26 nitrogen and oxygen atoms in total. The van der Waals surface area contributed by atoms with E-state index in [1.54, 1.807) is 24.3 Å². The Balaban J connectivity index is 1.84. The largest absolute Gasteiger partial charge is 0.457 e. The van der Waals surface area contributed by atoms with Crippen molar-refractivity contribution >= 4 is 77.0 Å². The molecule has 0 amide bonds. The summed E-state index contributed by atoms with van der Waals surface area (Å²) in [6.07, 6.45) is 0. The lowest BCUT2D eigenvalue weighted by molar-refractivity contribution is -0.167. The number of rotatable bonds is 24. The van der Waals surface area contributed by atoms with Gasteiger partial charge in [-0.25, -0.2) is 4.79 Å². The Bertz CT molecular complexity index is 2610. The van der Waals surface area contributed by atoms with Gasteiger partial charge in [0.1, 0.15) is 37.7 Å². The maximum atomic E-state index is 14.8. The zero-order valence-corrected chi connectivity index (χ0v) is 41.9. The molecule has 1 aliphatic carbocycles. The van der Waals surface area contributed by atoms with Gasteiger partial charge >= 0.3 is 65.7 Å². The van der Waals surface area contributed by atoms with E-state index in [-0.39, 0.29) is 34.0 Å². The average molecular weight is 1050 g/mol. The summed E-state index contributed by atoms with van der Waals surface area (Å²) >= 11 is 0. The predicted molar refractivity (Wildman–Crippen MR) is 247 cm³/mol. The van der Waals surface area contributed by atoms with Gasteiger partial charge in [0.05, 0.1) is 16.9 Å². The van der Waals surface area contributed by atoms with E-state index in [0.29, 0.717) is 22.3 Å². The summed E-state index contributed by atoms with van der Waals surface area (Å²) in [4.78, 5) is 141. The second-order valence-electron chi connectivity index (χ2n) is 16.6. The maximum absolute atomic E-state index is 14.8.